The average molecular weight is 609 g/mol. The number of halogens is 1. The van der Waals surface area contributed by atoms with Crippen molar-refractivity contribution in [2.45, 2.75) is 37.1 Å². The molecule has 0 spiro atoms. The van der Waals surface area contributed by atoms with E-state index in [1.165, 1.54) is 11.8 Å². The maximum atomic E-state index is 13.7. The predicted molar refractivity (Wildman–Crippen MR) is 169 cm³/mol. The molecule has 4 aromatic carbocycles. The molecule has 9 heteroatoms. The first-order chi connectivity index (χ1) is 21.0. The summed E-state index contributed by atoms with van der Waals surface area (Å²) in [5.74, 6) is 1.40. The van der Waals surface area contributed by atoms with Crippen LogP contribution in [0.3, 0.4) is 0 Å². The molecular formula is C34H29ClN4O3S. The van der Waals surface area contributed by atoms with Gasteiger partial charge in [0.2, 0.25) is 11.1 Å². The number of rotatable bonds is 10. The van der Waals surface area contributed by atoms with E-state index in [2.05, 4.69) is 5.32 Å². The summed E-state index contributed by atoms with van der Waals surface area (Å²) >= 11 is 7.86. The number of fused-ring (bicyclic) bond motifs is 1. The lowest BCUT2D eigenvalue weighted by Gasteiger charge is -2.28. The molecule has 1 atom stereocenters. The molecule has 0 fully saturated rings. The van der Waals surface area contributed by atoms with Crippen LogP contribution in [-0.2, 0) is 28.5 Å². The van der Waals surface area contributed by atoms with Gasteiger partial charge in [-0.05, 0) is 47.4 Å². The van der Waals surface area contributed by atoms with Gasteiger partial charge in [0.1, 0.15) is 25.0 Å². The fourth-order valence-corrected chi connectivity index (χ4v) is 5.95. The molecule has 0 bridgehead atoms. The molecule has 6 rings (SSSR count). The number of nitrogens with one attached hydrogen (secondary N) is 1. The van der Waals surface area contributed by atoms with Gasteiger partial charge in [-0.15, -0.1) is 5.10 Å². The van der Waals surface area contributed by atoms with E-state index < -0.39 is 12.0 Å². The first-order valence-electron chi connectivity index (χ1n) is 13.8. The van der Waals surface area contributed by atoms with Gasteiger partial charge < -0.3 is 14.8 Å². The molecule has 216 valence electrons. The van der Waals surface area contributed by atoms with Gasteiger partial charge in [0.05, 0.1) is 5.57 Å². The lowest BCUT2D eigenvalue weighted by molar-refractivity contribution is -0.140. The molecule has 1 N–H and O–H groups in total. The molecule has 0 saturated carbocycles. The summed E-state index contributed by atoms with van der Waals surface area (Å²) in [5.41, 5.74) is 4.90. The molecule has 0 aliphatic carbocycles. The number of ether oxygens (including phenoxy) is 2. The Morgan fingerprint density at radius 3 is 2.35 bits per heavy atom. The largest absolute Gasteiger partial charge is 0.489 e. The maximum absolute atomic E-state index is 13.7. The molecule has 2 heterocycles. The van der Waals surface area contributed by atoms with Gasteiger partial charge in [0, 0.05) is 16.5 Å². The van der Waals surface area contributed by atoms with Crippen molar-refractivity contribution in [3.63, 3.8) is 0 Å². The highest BCUT2D eigenvalue weighted by molar-refractivity contribution is 7.98. The molecule has 5 aromatic rings. The Morgan fingerprint density at radius 1 is 0.907 bits per heavy atom. The highest BCUT2D eigenvalue weighted by atomic mass is 35.5. The van der Waals surface area contributed by atoms with Gasteiger partial charge in [0.25, 0.3) is 0 Å². The van der Waals surface area contributed by atoms with Crippen LogP contribution in [0.4, 0.5) is 5.95 Å². The molecule has 1 aliphatic rings. The van der Waals surface area contributed by atoms with E-state index in [-0.39, 0.29) is 6.61 Å². The topological polar surface area (TPSA) is 78.3 Å². The van der Waals surface area contributed by atoms with Crippen LogP contribution in [0.1, 0.15) is 35.2 Å². The van der Waals surface area contributed by atoms with Crippen LogP contribution in [-0.4, -0.2) is 20.7 Å². The number of allylic oxidation sites excluding steroid dienone is 1. The molecule has 7 nitrogen and oxygen atoms in total. The van der Waals surface area contributed by atoms with E-state index in [9.17, 15) is 4.79 Å². The zero-order valence-electron chi connectivity index (χ0n) is 23.4. The second-order valence-corrected chi connectivity index (χ2v) is 11.4. The number of hydrogen-bond donors (Lipinski definition) is 1. The Morgan fingerprint density at radius 2 is 1.60 bits per heavy atom. The summed E-state index contributed by atoms with van der Waals surface area (Å²) in [5, 5.41) is 9.38. The van der Waals surface area contributed by atoms with Crippen molar-refractivity contribution in [1.82, 2.24) is 14.8 Å². The van der Waals surface area contributed by atoms with Crippen molar-refractivity contribution < 1.29 is 14.3 Å². The van der Waals surface area contributed by atoms with E-state index in [4.69, 9.17) is 31.2 Å². The lowest BCUT2D eigenvalue weighted by atomic mass is 9.95. The monoisotopic (exact) mass is 608 g/mol. The van der Waals surface area contributed by atoms with E-state index in [0.717, 1.165) is 22.3 Å². The third kappa shape index (κ3) is 6.77. The summed E-state index contributed by atoms with van der Waals surface area (Å²) in [6.07, 6.45) is 0. The van der Waals surface area contributed by atoms with Crippen LogP contribution in [0.25, 0.3) is 0 Å². The number of carbonyl (C=O) groups excluding carboxylic acids is 1. The fourth-order valence-electron chi connectivity index (χ4n) is 4.84. The van der Waals surface area contributed by atoms with Crippen LogP contribution in [0.2, 0.25) is 5.02 Å². The van der Waals surface area contributed by atoms with Crippen molar-refractivity contribution in [2.24, 2.45) is 0 Å². The first-order valence-corrected chi connectivity index (χ1v) is 15.2. The van der Waals surface area contributed by atoms with Gasteiger partial charge in [0.15, 0.2) is 0 Å². The average Bonchev–Trinajstić information content (AvgIpc) is 3.45. The Labute approximate surface area is 259 Å². The summed E-state index contributed by atoms with van der Waals surface area (Å²) in [4.78, 5) is 18.4. The molecule has 1 aromatic heterocycles. The van der Waals surface area contributed by atoms with E-state index >= 15 is 0 Å². The third-order valence-corrected chi connectivity index (χ3v) is 8.26. The summed E-state index contributed by atoms with van der Waals surface area (Å²) < 4.78 is 13.7. The van der Waals surface area contributed by atoms with Crippen LogP contribution in [0.15, 0.2) is 126 Å². The van der Waals surface area contributed by atoms with Crippen molar-refractivity contribution in [3.05, 3.63) is 148 Å². The van der Waals surface area contributed by atoms with Gasteiger partial charge in [-0.1, -0.05) is 114 Å². The van der Waals surface area contributed by atoms with Crippen LogP contribution in [0, 0.1) is 0 Å². The second-order valence-electron chi connectivity index (χ2n) is 10.0. The van der Waals surface area contributed by atoms with E-state index in [0.29, 0.717) is 45.5 Å². The second kappa shape index (κ2) is 13.2. The van der Waals surface area contributed by atoms with E-state index in [1.54, 1.807) is 4.68 Å². The number of carbonyl (C=O) groups is 1. The number of benzene rings is 4. The lowest BCUT2D eigenvalue weighted by Crippen LogP contribution is -2.29. The van der Waals surface area contributed by atoms with Crippen LogP contribution >= 0.6 is 23.4 Å². The predicted octanol–water partition coefficient (Wildman–Crippen LogP) is 7.84. The van der Waals surface area contributed by atoms with Crippen molar-refractivity contribution in [1.29, 1.82) is 0 Å². The van der Waals surface area contributed by atoms with Crippen molar-refractivity contribution >= 4 is 35.3 Å². The minimum atomic E-state index is -0.582. The van der Waals surface area contributed by atoms with Crippen LogP contribution in [0.5, 0.6) is 5.75 Å². The number of thioether (sulfide) groups is 1. The van der Waals surface area contributed by atoms with Crippen molar-refractivity contribution in [2.75, 3.05) is 5.32 Å². The normalized spacial score (nSPS) is 14.1. The Hall–Kier alpha value is -4.53. The number of anilines is 1. The number of esters is 1. The zero-order valence-corrected chi connectivity index (χ0v) is 25.0. The molecule has 1 unspecified atom stereocenters. The maximum Gasteiger partial charge on any atom is 0.338 e. The molecular weight excluding hydrogens is 580 g/mol. The smallest absolute Gasteiger partial charge is 0.338 e. The molecule has 0 amide bonds. The van der Waals surface area contributed by atoms with Gasteiger partial charge in [-0.3, -0.25) is 0 Å². The SMILES string of the molecule is CC1=C(C(=O)OCc2ccccc2)C(c2cccc(OCc3ccccc3)c2)n2nc(SCc3ccccc3Cl)nc2N1. The van der Waals surface area contributed by atoms with E-state index in [1.807, 2.05) is 116 Å². The van der Waals surface area contributed by atoms with Gasteiger partial charge in [-0.2, -0.15) is 4.98 Å². The van der Waals surface area contributed by atoms with Gasteiger partial charge in [-0.25, -0.2) is 9.48 Å². The highest BCUT2D eigenvalue weighted by Crippen LogP contribution is 2.38. The zero-order chi connectivity index (χ0) is 29.6. The van der Waals surface area contributed by atoms with Crippen LogP contribution < -0.4 is 10.1 Å². The summed E-state index contributed by atoms with van der Waals surface area (Å²) in [6.45, 7) is 2.44. The molecule has 0 radical (unpaired) electrons. The number of hydrogen-bond acceptors (Lipinski definition) is 7. The van der Waals surface area contributed by atoms with Crippen molar-refractivity contribution in [3.8, 4) is 5.75 Å². The molecule has 0 saturated heterocycles. The first kappa shape index (κ1) is 28.6. The Balaban J connectivity index is 1.31. The summed E-state index contributed by atoms with van der Waals surface area (Å²) in [6, 6.07) is 34.5. The summed E-state index contributed by atoms with van der Waals surface area (Å²) in [7, 11) is 0. The van der Waals surface area contributed by atoms with Gasteiger partial charge >= 0.3 is 5.97 Å². The molecule has 1 aliphatic heterocycles. The fraction of sp³-hybridized carbons (Fsp3) is 0.147. The third-order valence-electron chi connectivity index (χ3n) is 7.00. The minimum Gasteiger partial charge on any atom is -0.489 e. The Kier molecular flexibility index (Phi) is 8.77. The highest BCUT2D eigenvalue weighted by Gasteiger charge is 2.35. The number of aromatic nitrogens is 3. The minimum absolute atomic E-state index is 0.159. The Bertz CT molecular complexity index is 1760. The standard InChI is InChI=1S/C34H29ClN4O3S/c1-23-30(32(40)42-21-25-13-6-3-7-14-25)31(26-16-10-17-28(19-26)41-20-24-11-4-2-5-12-24)39-33(36-23)37-34(38-39)43-22-27-15-8-9-18-29(27)35/h2-19,31H,20-22H2,1H3,(H,36,37,38). The molecule has 43 heavy (non-hydrogen) atoms. The quantitative estimate of drug-likeness (QED) is 0.128. The number of nitrogens with zero attached hydrogens (tertiary/aromatic N) is 3.